The monoisotopic (exact) mass is 690 g/mol. The largest absolute Gasteiger partial charge is 0.398 e. The highest BCUT2D eigenvalue weighted by molar-refractivity contribution is 6.33. The van der Waals surface area contributed by atoms with E-state index in [2.05, 4.69) is 27.4 Å². The first-order chi connectivity index (χ1) is 22.7. The maximum atomic E-state index is 14.3. The van der Waals surface area contributed by atoms with Crippen molar-refractivity contribution in [2.75, 3.05) is 11.1 Å². The standard InChI is InChI=1S/C18H15ClFN3.C12H15N.C6HCl2FN2/c19-17-12(9-21)8-15(20)18(23-17)22-16-13-5-1-3-10(13)7-11-4-2-6-14(11)16;13-12-10-5-1-3-8(10)7-9-4-2-6-11(9)12;7-5-3(2-10)1-4(9)6(8)11-5/h7-8H,1-6H2,(H,22,23);7H,1-6,13H2;1H. The molecule has 0 amide bonds. The normalized spacial score (nSPS) is 14.8. The quantitative estimate of drug-likeness (QED) is 0.160. The van der Waals surface area contributed by atoms with Crippen LogP contribution < -0.4 is 11.1 Å². The van der Waals surface area contributed by atoms with E-state index < -0.39 is 11.6 Å². The Morgan fingerprint density at radius 3 is 1.51 bits per heavy atom. The van der Waals surface area contributed by atoms with Gasteiger partial charge in [0.1, 0.15) is 22.4 Å². The Morgan fingerprint density at radius 1 is 0.596 bits per heavy atom. The average Bonchev–Trinajstić information content (AvgIpc) is 3.88. The van der Waals surface area contributed by atoms with Gasteiger partial charge in [-0.3, -0.25) is 0 Å². The van der Waals surface area contributed by atoms with Crippen molar-refractivity contribution in [3.63, 3.8) is 0 Å². The van der Waals surface area contributed by atoms with E-state index in [0.29, 0.717) is 0 Å². The van der Waals surface area contributed by atoms with Gasteiger partial charge >= 0.3 is 0 Å². The van der Waals surface area contributed by atoms with Crippen molar-refractivity contribution < 1.29 is 8.78 Å². The molecule has 8 rings (SSSR count). The molecule has 0 atom stereocenters. The van der Waals surface area contributed by atoms with Gasteiger partial charge in [-0.2, -0.15) is 10.5 Å². The Labute approximate surface area is 287 Å². The number of nitrogens with zero attached hydrogens (tertiary/aromatic N) is 4. The highest BCUT2D eigenvalue weighted by Crippen LogP contribution is 2.40. The molecule has 0 unspecified atom stereocenters. The fourth-order valence-corrected chi connectivity index (χ4v) is 7.65. The van der Waals surface area contributed by atoms with Crippen molar-refractivity contribution in [3.8, 4) is 12.1 Å². The fraction of sp³-hybridized carbons (Fsp3) is 0.333. The summed E-state index contributed by atoms with van der Waals surface area (Å²) in [7, 11) is 0. The molecule has 0 bridgehead atoms. The predicted molar refractivity (Wildman–Crippen MR) is 182 cm³/mol. The molecule has 240 valence electrons. The molecule has 47 heavy (non-hydrogen) atoms. The minimum atomic E-state index is -0.743. The van der Waals surface area contributed by atoms with E-state index in [1.54, 1.807) is 6.07 Å². The number of nitriles is 2. The van der Waals surface area contributed by atoms with Crippen LogP contribution in [-0.4, -0.2) is 9.97 Å². The van der Waals surface area contributed by atoms with E-state index >= 15 is 0 Å². The van der Waals surface area contributed by atoms with Gasteiger partial charge in [-0.15, -0.1) is 0 Å². The number of pyridine rings is 2. The Morgan fingerprint density at radius 2 is 1.02 bits per heavy atom. The zero-order chi connectivity index (χ0) is 33.2. The number of benzene rings is 2. The summed E-state index contributed by atoms with van der Waals surface area (Å²) in [6.07, 6.45) is 14.0. The van der Waals surface area contributed by atoms with E-state index in [9.17, 15) is 8.78 Å². The summed E-state index contributed by atoms with van der Waals surface area (Å²) >= 11 is 16.6. The van der Waals surface area contributed by atoms with Crippen LogP contribution in [0.1, 0.15) is 81.3 Å². The second-order valence-electron chi connectivity index (χ2n) is 12.1. The van der Waals surface area contributed by atoms with Crippen molar-refractivity contribution in [2.24, 2.45) is 0 Å². The topological polar surface area (TPSA) is 111 Å². The second kappa shape index (κ2) is 14.0. The van der Waals surface area contributed by atoms with Crippen molar-refractivity contribution >= 4 is 52.0 Å². The van der Waals surface area contributed by atoms with Gasteiger partial charge in [0.05, 0.1) is 11.1 Å². The van der Waals surface area contributed by atoms with E-state index in [1.165, 1.54) is 83.0 Å². The van der Waals surface area contributed by atoms with Gasteiger partial charge in [-0.1, -0.05) is 46.9 Å². The number of anilines is 3. The molecule has 4 aliphatic rings. The fourth-order valence-electron chi connectivity index (χ4n) is 7.10. The van der Waals surface area contributed by atoms with Crippen molar-refractivity contribution in [3.05, 3.63) is 107 Å². The molecule has 3 N–H and O–H groups in total. The lowest BCUT2D eigenvalue weighted by molar-refractivity contribution is 0.621. The summed E-state index contributed by atoms with van der Waals surface area (Å²) < 4.78 is 26.8. The smallest absolute Gasteiger partial charge is 0.168 e. The number of nitrogen functional groups attached to an aromatic ring is 1. The molecular formula is C36H31Cl3F2N6. The van der Waals surface area contributed by atoms with E-state index in [4.69, 9.17) is 51.1 Å². The molecule has 4 aliphatic carbocycles. The van der Waals surface area contributed by atoms with Gasteiger partial charge in [0.2, 0.25) is 0 Å². The molecule has 11 heteroatoms. The third kappa shape index (κ3) is 6.74. The molecule has 2 heterocycles. The minimum absolute atomic E-state index is 0.0198. The Kier molecular flexibility index (Phi) is 9.85. The number of rotatable bonds is 2. The van der Waals surface area contributed by atoms with Gasteiger partial charge in [0, 0.05) is 11.4 Å². The van der Waals surface area contributed by atoms with Gasteiger partial charge < -0.3 is 11.1 Å². The number of hydrogen-bond donors (Lipinski definition) is 2. The van der Waals surface area contributed by atoms with Gasteiger partial charge in [-0.25, -0.2) is 18.7 Å². The highest BCUT2D eigenvalue weighted by atomic mass is 35.5. The lowest BCUT2D eigenvalue weighted by atomic mass is 9.98. The van der Waals surface area contributed by atoms with Crippen LogP contribution in [0.5, 0.6) is 0 Å². The van der Waals surface area contributed by atoms with E-state index in [0.717, 1.165) is 62.0 Å². The van der Waals surface area contributed by atoms with Crippen LogP contribution in [0.15, 0.2) is 24.3 Å². The molecule has 0 radical (unpaired) electrons. The number of halogens is 5. The zero-order valence-corrected chi connectivity index (χ0v) is 27.8. The summed E-state index contributed by atoms with van der Waals surface area (Å²) in [6.45, 7) is 0. The molecule has 0 fully saturated rings. The second-order valence-corrected chi connectivity index (χ2v) is 13.2. The summed E-state index contributed by atoms with van der Waals surface area (Å²) in [6, 6.07) is 10.3. The molecule has 0 spiro atoms. The zero-order valence-electron chi connectivity index (χ0n) is 25.6. The Balaban J connectivity index is 0.000000136. The van der Waals surface area contributed by atoms with E-state index in [-0.39, 0.29) is 32.4 Å². The maximum absolute atomic E-state index is 14.3. The van der Waals surface area contributed by atoms with Crippen molar-refractivity contribution in [1.29, 1.82) is 10.5 Å². The molecule has 6 nitrogen and oxygen atoms in total. The van der Waals surface area contributed by atoms with Gasteiger partial charge in [-0.05, 0) is 134 Å². The molecule has 4 aromatic rings. The highest BCUT2D eigenvalue weighted by Gasteiger charge is 2.25. The summed E-state index contributed by atoms with van der Waals surface area (Å²) in [5.74, 6) is -1.19. The van der Waals surface area contributed by atoms with Crippen LogP contribution in [0.4, 0.5) is 26.0 Å². The van der Waals surface area contributed by atoms with E-state index in [1.807, 2.05) is 6.07 Å². The lowest BCUT2D eigenvalue weighted by Crippen LogP contribution is -2.05. The number of aromatic nitrogens is 2. The van der Waals surface area contributed by atoms with Crippen molar-refractivity contribution in [1.82, 2.24) is 9.97 Å². The molecule has 0 saturated carbocycles. The number of fused-ring (bicyclic) bond motifs is 4. The Bertz CT molecular complexity index is 1920. The summed E-state index contributed by atoms with van der Waals surface area (Å²) in [4.78, 5) is 7.42. The molecule has 0 aliphatic heterocycles. The van der Waals surface area contributed by atoms with Gasteiger partial charge in [0.15, 0.2) is 22.6 Å². The molecular weight excluding hydrogens is 661 g/mol. The first-order valence-corrected chi connectivity index (χ1v) is 16.8. The van der Waals surface area contributed by atoms with Crippen LogP contribution in [0, 0.1) is 34.3 Å². The number of aryl methyl sites for hydroxylation is 4. The molecule has 2 aromatic heterocycles. The van der Waals surface area contributed by atoms with Crippen LogP contribution in [0.3, 0.4) is 0 Å². The number of nitrogens with two attached hydrogens (primary N) is 1. The van der Waals surface area contributed by atoms with Crippen LogP contribution in [0.25, 0.3) is 0 Å². The molecule has 0 saturated heterocycles. The maximum Gasteiger partial charge on any atom is 0.168 e. The average molecular weight is 692 g/mol. The predicted octanol–water partition coefficient (Wildman–Crippen LogP) is 9.11. The third-order valence-corrected chi connectivity index (χ3v) is 10.1. The van der Waals surface area contributed by atoms with Crippen LogP contribution in [-0.2, 0) is 51.4 Å². The third-order valence-electron chi connectivity index (χ3n) is 9.29. The SMILES string of the molecule is N#Cc1cc(F)c(Cl)nc1Cl.N#Cc1cc(F)c(Nc2c3c(cc4c2CCC4)CCC3)nc1Cl.Nc1c2c(cc3c1CCC3)CCC2. The Hall–Kier alpha value is -3.95. The number of nitrogens with one attached hydrogen (secondary N) is 1. The molecule has 2 aromatic carbocycles. The van der Waals surface area contributed by atoms with Crippen molar-refractivity contribution in [2.45, 2.75) is 77.0 Å². The first-order valence-electron chi connectivity index (χ1n) is 15.7. The first kappa shape index (κ1) is 33.0. The van der Waals surface area contributed by atoms with Gasteiger partial charge in [0.25, 0.3) is 0 Å². The minimum Gasteiger partial charge on any atom is -0.398 e. The number of hydrogen-bond acceptors (Lipinski definition) is 6. The van der Waals surface area contributed by atoms with Crippen LogP contribution in [0.2, 0.25) is 15.5 Å². The van der Waals surface area contributed by atoms with Crippen LogP contribution >= 0.6 is 34.8 Å². The lowest BCUT2D eigenvalue weighted by Gasteiger charge is -2.17. The summed E-state index contributed by atoms with van der Waals surface area (Å²) in [5, 5.41) is 20.1. The summed E-state index contributed by atoms with van der Waals surface area (Å²) in [5.41, 5.74) is 19.7.